The van der Waals surface area contributed by atoms with E-state index in [-0.39, 0.29) is 13.0 Å². The van der Waals surface area contributed by atoms with Gasteiger partial charge in [0.2, 0.25) is 0 Å². The molecule has 0 saturated carbocycles. The molecule has 0 spiro atoms. The highest BCUT2D eigenvalue weighted by molar-refractivity contribution is 5.87. The number of rotatable bonds is 9. The number of ether oxygens (including phenoxy) is 1. The van der Waals surface area contributed by atoms with E-state index in [1.165, 1.54) is 0 Å². The van der Waals surface area contributed by atoms with Gasteiger partial charge in [0.25, 0.3) is 5.91 Å². The topological polar surface area (TPSA) is 102 Å². The van der Waals surface area contributed by atoms with Gasteiger partial charge in [-0.15, -0.1) is 0 Å². The molecule has 4 N–H and O–H groups in total. The van der Waals surface area contributed by atoms with Gasteiger partial charge in [0.05, 0.1) is 0 Å². The second kappa shape index (κ2) is 9.91. The van der Waals surface area contributed by atoms with Crippen molar-refractivity contribution in [2.24, 2.45) is 5.73 Å². The van der Waals surface area contributed by atoms with Gasteiger partial charge in [0.1, 0.15) is 19.3 Å². The van der Waals surface area contributed by atoms with Crippen molar-refractivity contribution in [3.8, 4) is 0 Å². The molecule has 0 radical (unpaired) electrons. The maximum atomic E-state index is 14.2. The molecule has 2 atom stereocenters. The highest BCUT2D eigenvalue weighted by Gasteiger charge is 2.49. The minimum atomic E-state index is -4.16. The molecule has 28 heavy (non-hydrogen) atoms. The predicted molar refractivity (Wildman–Crippen MR) is 98.3 cm³/mol. The fraction of sp³-hybridized carbons (Fsp3) is 0.300. The molecule has 0 fully saturated rings. The Morgan fingerprint density at radius 1 is 1.04 bits per heavy atom. The number of nitrogens with one attached hydrogen (secondary N) is 1. The third-order valence-corrected chi connectivity index (χ3v) is 4.03. The molecule has 0 saturated heterocycles. The maximum absolute atomic E-state index is 14.2. The average molecular weight is 392 g/mol. The summed E-state index contributed by atoms with van der Waals surface area (Å²) in [6.07, 6.45) is -2.45. The second-order valence-electron chi connectivity index (χ2n) is 6.25. The number of carbonyl (C=O) groups is 2. The number of hydrogen-bond donors (Lipinski definition) is 3. The molecular formula is C20H22F2N2O4. The third-order valence-electron chi connectivity index (χ3n) is 4.03. The average Bonchev–Trinajstić information content (AvgIpc) is 2.71. The minimum absolute atomic E-state index is 0.0377. The number of esters is 1. The Balaban J connectivity index is 1.82. The lowest BCUT2D eigenvalue weighted by Gasteiger charge is -2.26. The standard InChI is InChI=1S/C20H22F2N2O4/c21-20(22,18(26)16(23)11-14-7-3-1-4-8-14)19(27)24-12-17(25)28-13-15-9-5-2-6-10-15/h1-10,16,18,26H,11-13,23H2,(H,24,27)/t16-,18+/m0/s1. The van der Waals surface area contributed by atoms with Crippen LogP contribution in [0.25, 0.3) is 0 Å². The van der Waals surface area contributed by atoms with Crippen LogP contribution in [0.3, 0.4) is 0 Å². The third kappa shape index (κ3) is 6.11. The van der Waals surface area contributed by atoms with Crippen molar-refractivity contribution in [1.82, 2.24) is 5.32 Å². The van der Waals surface area contributed by atoms with Crippen molar-refractivity contribution in [1.29, 1.82) is 0 Å². The van der Waals surface area contributed by atoms with Gasteiger partial charge >= 0.3 is 11.9 Å². The largest absolute Gasteiger partial charge is 0.460 e. The van der Waals surface area contributed by atoms with Gasteiger partial charge in [0.15, 0.2) is 0 Å². The number of carbonyl (C=O) groups excluding carboxylic acids is 2. The second-order valence-corrected chi connectivity index (χ2v) is 6.25. The van der Waals surface area contributed by atoms with Crippen molar-refractivity contribution in [2.45, 2.75) is 31.1 Å². The number of benzene rings is 2. The van der Waals surface area contributed by atoms with Crippen LogP contribution in [0, 0.1) is 0 Å². The summed E-state index contributed by atoms with van der Waals surface area (Å²) in [6.45, 7) is -0.793. The first-order valence-electron chi connectivity index (χ1n) is 8.64. The van der Waals surface area contributed by atoms with Gasteiger partial charge in [-0.05, 0) is 17.5 Å². The van der Waals surface area contributed by atoms with Crippen LogP contribution < -0.4 is 11.1 Å². The molecule has 2 aromatic carbocycles. The fourth-order valence-electron chi connectivity index (χ4n) is 2.46. The van der Waals surface area contributed by atoms with E-state index in [2.05, 4.69) is 0 Å². The zero-order chi connectivity index (χ0) is 20.6. The molecule has 2 rings (SSSR count). The highest BCUT2D eigenvalue weighted by Crippen LogP contribution is 2.22. The molecule has 0 aliphatic heterocycles. The molecule has 2 aromatic rings. The molecule has 0 bridgehead atoms. The van der Waals surface area contributed by atoms with Gasteiger partial charge in [-0.2, -0.15) is 8.78 Å². The lowest BCUT2D eigenvalue weighted by molar-refractivity contribution is -0.167. The summed E-state index contributed by atoms with van der Waals surface area (Å²) in [5.74, 6) is -6.83. The van der Waals surface area contributed by atoms with Crippen molar-refractivity contribution >= 4 is 11.9 Å². The van der Waals surface area contributed by atoms with Crippen LogP contribution in [0.4, 0.5) is 8.78 Å². The maximum Gasteiger partial charge on any atom is 0.351 e. The zero-order valence-corrected chi connectivity index (χ0v) is 15.1. The van der Waals surface area contributed by atoms with E-state index in [0.717, 1.165) is 5.56 Å². The Morgan fingerprint density at radius 3 is 2.14 bits per heavy atom. The van der Waals surface area contributed by atoms with Gasteiger partial charge < -0.3 is 20.9 Å². The van der Waals surface area contributed by atoms with E-state index in [1.54, 1.807) is 66.0 Å². The number of aliphatic hydroxyl groups is 1. The van der Waals surface area contributed by atoms with Crippen molar-refractivity contribution in [3.05, 3.63) is 71.8 Å². The Bertz CT molecular complexity index is 772. The molecule has 0 aromatic heterocycles. The number of amides is 1. The summed E-state index contributed by atoms with van der Waals surface area (Å²) in [5.41, 5.74) is 7.00. The lowest BCUT2D eigenvalue weighted by atomic mass is 9.97. The van der Waals surface area contributed by atoms with Crippen molar-refractivity contribution in [2.75, 3.05) is 6.54 Å². The first-order chi connectivity index (χ1) is 13.3. The van der Waals surface area contributed by atoms with Crippen LogP contribution in [0.5, 0.6) is 0 Å². The summed E-state index contributed by atoms with van der Waals surface area (Å²) < 4.78 is 33.2. The number of halogens is 2. The van der Waals surface area contributed by atoms with Crippen LogP contribution in [-0.4, -0.2) is 41.6 Å². The van der Waals surface area contributed by atoms with Crippen LogP contribution in [0.15, 0.2) is 60.7 Å². The summed E-state index contributed by atoms with van der Waals surface area (Å²) in [6, 6.07) is 15.9. The predicted octanol–water partition coefficient (Wildman–Crippen LogP) is 1.41. The summed E-state index contributed by atoms with van der Waals surface area (Å²) in [4.78, 5) is 23.4. The van der Waals surface area contributed by atoms with Gasteiger partial charge in [0, 0.05) is 6.04 Å². The van der Waals surface area contributed by atoms with Crippen LogP contribution in [0.2, 0.25) is 0 Å². The van der Waals surface area contributed by atoms with Crippen LogP contribution in [0.1, 0.15) is 11.1 Å². The van der Waals surface area contributed by atoms with E-state index in [4.69, 9.17) is 10.5 Å². The molecule has 8 heteroatoms. The molecule has 0 heterocycles. The van der Waals surface area contributed by atoms with E-state index in [1.807, 2.05) is 0 Å². The molecule has 1 amide bonds. The monoisotopic (exact) mass is 392 g/mol. The number of nitrogens with two attached hydrogens (primary N) is 1. The fourth-order valence-corrected chi connectivity index (χ4v) is 2.46. The summed E-state index contributed by atoms with van der Waals surface area (Å²) >= 11 is 0. The Hall–Kier alpha value is -2.84. The van der Waals surface area contributed by atoms with E-state index >= 15 is 0 Å². The Labute approximate surface area is 161 Å². The SMILES string of the molecule is N[C@@H](Cc1ccccc1)[C@@H](O)C(F)(F)C(=O)NCC(=O)OCc1ccccc1. The zero-order valence-electron chi connectivity index (χ0n) is 15.1. The van der Waals surface area contributed by atoms with Crippen LogP contribution >= 0.6 is 0 Å². The van der Waals surface area contributed by atoms with Gasteiger partial charge in [-0.25, -0.2) is 0 Å². The molecule has 0 unspecified atom stereocenters. The van der Waals surface area contributed by atoms with E-state index < -0.39 is 36.5 Å². The molecular weight excluding hydrogens is 370 g/mol. The first-order valence-corrected chi connectivity index (χ1v) is 8.64. The quantitative estimate of drug-likeness (QED) is 0.560. The Kier molecular flexibility index (Phi) is 7.60. The first kappa shape index (κ1) is 21.5. The van der Waals surface area contributed by atoms with Crippen molar-refractivity contribution in [3.63, 3.8) is 0 Å². The Morgan fingerprint density at radius 2 is 1.57 bits per heavy atom. The number of hydrogen-bond acceptors (Lipinski definition) is 5. The molecule has 6 nitrogen and oxygen atoms in total. The minimum Gasteiger partial charge on any atom is -0.460 e. The summed E-state index contributed by atoms with van der Waals surface area (Å²) in [7, 11) is 0. The normalized spacial score (nSPS) is 13.4. The van der Waals surface area contributed by atoms with E-state index in [0.29, 0.717) is 5.56 Å². The van der Waals surface area contributed by atoms with Gasteiger partial charge in [-0.1, -0.05) is 60.7 Å². The van der Waals surface area contributed by atoms with Crippen molar-refractivity contribution < 1.29 is 28.2 Å². The van der Waals surface area contributed by atoms with E-state index in [9.17, 15) is 23.5 Å². The molecule has 0 aliphatic rings. The van der Waals surface area contributed by atoms with Crippen LogP contribution in [-0.2, 0) is 27.4 Å². The van der Waals surface area contributed by atoms with Gasteiger partial charge in [-0.3, -0.25) is 9.59 Å². The lowest BCUT2D eigenvalue weighted by Crippen LogP contribution is -2.56. The molecule has 150 valence electrons. The smallest absolute Gasteiger partial charge is 0.351 e. The number of aliphatic hydroxyl groups excluding tert-OH is 1. The summed E-state index contributed by atoms with van der Waals surface area (Å²) in [5, 5.41) is 11.6. The highest BCUT2D eigenvalue weighted by atomic mass is 19.3. The number of alkyl halides is 2. The molecule has 0 aliphatic carbocycles.